The number of aromatic hydroxyl groups is 1. The molecule has 3 aliphatic heterocycles. The molecule has 42 heavy (non-hydrogen) atoms. The smallest absolute Gasteiger partial charge is 0.180 e. The highest BCUT2D eigenvalue weighted by atomic mass is 16.6. The second-order valence-corrected chi connectivity index (χ2v) is 13.8. The van der Waals surface area contributed by atoms with Crippen LogP contribution in [0.4, 0.5) is 0 Å². The van der Waals surface area contributed by atoms with Crippen LogP contribution in [0.15, 0.2) is 29.4 Å². The summed E-state index contributed by atoms with van der Waals surface area (Å²) in [7, 11) is 1.51. The summed E-state index contributed by atoms with van der Waals surface area (Å²) in [5.41, 5.74) is -1.74. The number of methoxy groups -OCH3 is 1. The lowest BCUT2D eigenvalue weighted by atomic mass is 9.45. The van der Waals surface area contributed by atoms with Crippen molar-refractivity contribution in [2.75, 3.05) is 7.11 Å². The Balaban J connectivity index is 1.68. The lowest BCUT2D eigenvalue weighted by molar-refractivity contribution is -0.224. The van der Waals surface area contributed by atoms with Crippen LogP contribution in [0, 0.1) is 17.8 Å². The molecule has 224 valence electrons. The van der Waals surface area contributed by atoms with Crippen molar-refractivity contribution in [3.8, 4) is 17.2 Å². The van der Waals surface area contributed by atoms with E-state index in [1.807, 2.05) is 53.7 Å². The molecule has 1 spiro atoms. The molecule has 7 rings (SSSR count). The Bertz CT molecular complexity index is 1510. The number of phenolic OH excluding ortho intramolecular Hbond substituents is 1. The minimum Gasteiger partial charge on any atom is -0.506 e. The normalized spacial score (nSPS) is 34.6. The van der Waals surface area contributed by atoms with Gasteiger partial charge in [-0.3, -0.25) is 14.4 Å². The number of ether oxygens (including phenoxy) is 4. The number of hydrogen-bond acceptors (Lipinski definition) is 8. The summed E-state index contributed by atoms with van der Waals surface area (Å²) in [4.78, 5) is 40.9. The van der Waals surface area contributed by atoms with Crippen LogP contribution < -0.4 is 9.47 Å². The maximum Gasteiger partial charge on any atom is 0.180 e. The Hall–Kier alpha value is -3.23. The van der Waals surface area contributed by atoms with Gasteiger partial charge in [0.05, 0.1) is 23.2 Å². The number of ketones is 2. The molecule has 0 aromatic heterocycles. The van der Waals surface area contributed by atoms with Gasteiger partial charge in [-0.2, -0.15) is 0 Å². The molecule has 4 fully saturated rings. The van der Waals surface area contributed by atoms with Crippen molar-refractivity contribution in [3.63, 3.8) is 0 Å². The molecule has 3 saturated carbocycles. The monoisotopic (exact) mass is 576 g/mol. The van der Waals surface area contributed by atoms with Crippen LogP contribution in [-0.4, -0.2) is 58.6 Å². The van der Waals surface area contributed by atoms with Gasteiger partial charge in [0.25, 0.3) is 0 Å². The van der Waals surface area contributed by atoms with E-state index in [4.69, 9.17) is 18.9 Å². The number of hydrogen-bond donors (Lipinski definition) is 1. The van der Waals surface area contributed by atoms with E-state index < -0.39 is 40.3 Å². The van der Waals surface area contributed by atoms with Crippen LogP contribution in [0.3, 0.4) is 0 Å². The molecule has 8 nitrogen and oxygen atoms in total. The Kier molecular flexibility index (Phi) is 6.28. The third-order valence-corrected chi connectivity index (χ3v) is 10.0. The zero-order chi connectivity index (χ0) is 30.6. The van der Waals surface area contributed by atoms with Crippen molar-refractivity contribution in [2.45, 2.75) is 96.2 Å². The van der Waals surface area contributed by atoms with E-state index in [0.29, 0.717) is 35.3 Å². The largest absolute Gasteiger partial charge is 0.506 e. The molecule has 0 amide bonds. The minimum absolute atomic E-state index is 0.0783. The topological polar surface area (TPSA) is 108 Å². The molecule has 8 heteroatoms. The molecule has 1 aromatic rings. The number of carbonyl (C=O) groups is 3. The summed E-state index contributed by atoms with van der Waals surface area (Å²) >= 11 is 0. The van der Waals surface area contributed by atoms with Crippen LogP contribution in [0.25, 0.3) is 6.08 Å². The predicted molar refractivity (Wildman–Crippen MR) is 156 cm³/mol. The lowest BCUT2D eigenvalue weighted by Gasteiger charge is -2.62. The average Bonchev–Trinajstić information content (AvgIpc) is 3.06. The molecule has 3 aliphatic carbocycles. The number of allylic oxidation sites excluding steroid dienone is 3. The lowest BCUT2D eigenvalue weighted by Crippen LogP contribution is -2.80. The highest BCUT2D eigenvalue weighted by Crippen LogP contribution is 2.70. The van der Waals surface area contributed by atoms with Crippen LogP contribution >= 0.6 is 0 Å². The zero-order valence-electron chi connectivity index (χ0n) is 25.6. The van der Waals surface area contributed by atoms with E-state index in [0.717, 1.165) is 11.9 Å². The second-order valence-electron chi connectivity index (χ2n) is 13.8. The summed E-state index contributed by atoms with van der Waals surface area (Å²) in [5.74, 6) is -1.86. The molecule has 3 heterocycles. The molecule has 6 aliphatic rings. The van der Waals surface area contributed by atoms with Crippen molar-refractivity contribution in [3.05, 3.63) is 46.1 Å². The predicted octanol–water partition coefficient (Wildman–Crippen LogP) is 5.33. The molecule has 1 saturated heterocycles. The summed E-state index contributed by atoms with van der Waals surface area (Å²) in [6, 6.07) is 0. The van der Waals surface area contributed by atoms with Crippen molar-refractivity contribution < 1.29 is 38.4 Å². The van der Waals surface area contributed by atoms with Crippen molar-refractivity contribution in [1.29, 1.82) is 0 Å². The van der Waals surface area contributed by atoms with Gasteiger partial charge in [0.1, 0.15) is 34.7 Å². The van der Waals surface area contributed by atoms with Crippen molar-refractivity contribution in [2.24, 2.45) is 17.8 Å². The van der Waals surface area contributed by atoms with E-state index in [-0.39, 0.29) is 41.0 Å². The Morgan fingerprint density at radius 1 is 1.10 bits per heavy atom. The number of benzene rings is 1. The van der Waals surface area contributed by atoms with Gasteiger partial charge in [-0.15, -0.1) is 0 Å². The number of aldehydes is 1. The van der Waals surface area contributed by atoms with Crippen LogP contribution in [-0.2, 0) is 25.5 Å². The van der Waals surface area contributed by atoms with Gasteiger partial charge in [-0.05, 0) is 79.0 Å². The first kappa shape index (κ1) is 28.9. The fraction of sp³-hybridized carbons (Fsp3) is 0.559. The Labute approximate surface area is 246 Å². The molecule has 0 unspecified atom stereocenters. The maximum atomic E-state index is 14.9. The summed E-state index contributed by atoms with van der Waals surface area (Å²) in [6.45, 7) is 13.4. The molecule has 0 radical (unpaired) electrons. The fourth-order valence-electron chi connectivity index (χ4n) is 8.28. The van der Waals surface area contributed by atoms with Gasteiger partial charge in [-0.25, -0.2) is 0 Å². The number of carbonyl (C=O) groups excluding carboxylic acids is 3. The minimum atomic E-state index is -1.53. The van der Waals surface area contributed by atoms with E-state index in [9.17, 15) is 19.5 Å². The molecular formula is C34H40O8. The summed E-state index contributed by atoms with van der Waals surface area (Å²) < 4.78 is 26.3. The quantitative estimate of drug-likeness (QED) is 0.275. The summed E-state index contributed by atoms with van der Waals surface area (Å²) in [6.07, 6.45) is 8.28. The first-order valence-electron chi connectivity index (χ1n) is 14.7. The van der Waals surface area contributed by atoms with E-state index in [1.165, 1.54) is 7.11 Å². The van der Waals surface area contributed by atoms with Crippen molar-refractivity contribution in [1.82, 2.24) is 0 Å². The van der Waals surface area contributed by atoms with Gasteiger partial charge in [-0.1, -0.05) is 17.7 Å². The van der Waals surface area contributed by atoms with E-state index >= 15 is 0 Å². The van der Waals surface area contributed by atoms with Gasteiger partial charge in [0.15, 0.2) is 22.8 Å². The average molecular weight is 577 g/mol. The van der Waals surface area contributed by atoms with Gasteiger partial charge in [0.2, 0.25) is 0 Å². The summed E-state index contributed by atoms with van der Waals surface area (Å²) in [5, 5.41) is 11.7. The van der Waals surface area contributed by atoms with E-state index in [2.05, 4.69) is 0 Å². The number of phenols is 1. The van der Waals surface area contributed by atoms with Crippen LogP contribution in [0.5, 0.6) is 17.2 Å². The molecular weight excluding hydrogens is 536 g/mol. The zero-order valence-corrected chi connectivity index (χ0v) is 25.6. The second kappa shape index (κ2) is 9.13. The maximum absolute atomic E-state index is 14.9. The first-order valence-corrected chi connectivity index (χ1v) is 14.7. The standard InChI is InChI=1S/C34H40O8/c1-17(2)9-10-20-27-19(12-13-31(4,5)40-27)25(36)23-26(37)24-29(39-8)21-15-22-32(6,7)42-33(30(21)38,14-11-18(3)16-35)34(22,24)41-28(20)23/h9,11-13,16,21-22,24,29,36H,10,14-15H2,1-8H3/t21-,22-,24+,29-,33-,34-/m0/s1. The third kappa shape index (κ3) is 3.57. The van der Waals surface area contributed by atoms with E-state index in [1.54, 1.807) is 19.1 Å². The van der Waals surface area contributed by atoms with Crippen LogP contribution in [0.1, 0.15) is 82.8 Å². The van der Waals surface area contributed by atoms with Gasteiger partial charge < -0.3 is 24.1 Å². The molecule has 4 bridgehead atoms. The number of fused-ring (bicyclic) bond motifs is 2. The Morgan fingerprint density at radius 3 is 2.45 bits per heavy atom. The third-order valence-electron chi connectivity index (χ3n) is 10.0. The Morgan fingerprint density at radius 2 is 1.81 bits per heavy atom. The fourth-order valence-corrected chi connectivity index (χ4v) is 8.28. The highest BCUT2D eigenvalue weighted by Gasteiger charge is 2.85. The molecule has 1 N–H and O–H groups in total. The molecule has 1 aromatic carbocycles. The van der Waals surface area contributed by atoms with Gasteiger partial charge >= 0.3 is 0 Å². The van der Waals surface area contributed by atoms with Crippen LogP contribution in [0.2, 0.25) is 0 Å². The number of Topliss-reactive ketones (excluding diaryl/α,β-unsaturated/α-hetero) is 2. The van der Waals surface area contributed by atoms with Crippen molar-refractivity contribution >= 4 is 23.9 Å². The SMILES string of the molecule is CO[C@H]1[C@@H]2C[C@H]3C(C)(C)O[C@@](CC=C(C)C=O)(C2=O)[C@]32Oc3c(CC=C(C)C)c4c(c(O)c3C(=O)[C@H]12)C=CC(C)(C)O4. The van der Waals surface area contributed by atoms with Gasteiger partial charge in [0, 0.05) is 30.9 Å². The first-order chi connectivity index (χ1) is 19.7. The highest BCUT2D eigenvalue weighted by molar-refractivity contribution is 6.10. The molecule has 6 atom stereocenters. The number of rotatable bonds is 6.